The smallest absolute Gasteiger partial charge is 0.257 e. The molecule has 0 atom stereocenters. The molecule has 0 aliphatic carbocycles. The predicted octanol–water partition coefficient (Wildman–Crippen LogP) is 2.67. The largest absolute Gasteiger partial charge is 0.472 e. The number of carbonyl (C=O) groups excluding carboxylic acids is 2. The summed E-state index contributed by atoms with van der Waals surface area (Å²) in [6.45, 7) is 7.33. The molecular formula is C21H25N5O3. The number of amides is 2. The zero-order chi connectivity index (χ0) is 20.4. The molecule has 0 N–H and O–H groups in total. The van der Waals surface area contributed by atoms with E-state index in [0.29, 0.717) is 43.2 Å². The van der Waals surface area contributed by atoms with Crippen LogP contribution in [-0.4, -0.2) is 62.3 Å². The van der Waals surface area contributed by atoms with Crippen LogP contribution in [0.1, 0.15) is 41.0 Å². The van der Waals surface area contributed by atoms with Gasteiger partial charge in [-0.25, -0.2) is 9.97 Å². The van der Waals surface area contributed by atoms with Crippen molar-refractivity contribution in [3.8, 4) is 0 Å². The van der Waals surface area contributed by atoms with E-state index in [2.05, 4.69) is 23.8 Å². The first-order chi connectivity index (χ1) is 14.0. The van der Waals surface area contributed by atoms with Crippen LogP contribution in [0.5, 0.6) is 0 Å². The number of furan rings is 1. The number of hydrogen-bond acceptors (Lipinski definition) is 5. The van der Waals surface area contributed by atoms with Crippen molar-refractivity contribution < 1.29 is 14.0 Å². The SMILES string of the molecule is CC(C)Cn1cnc2cc(C(=O)N3CCCN(C(=O)c4ccoc4)CC3)cnc21. The lowest BCUT2D eigenvalue weighted by atomic mass is 10.2. The molecular weight excluding hydrogens is 370 g/mol. The van der Waals surface area contributed by atoms with Crippen molar-refractivity contribution in [2.24, 2.45) is 5.92 Å². The standard InChI is InChI=1S/C21H25N5O3/c1-15(2)12-26-14-23-18-10-17(11-22-19(18)26)21(28)25-6-3-5-24(7-8-25)20(27)16-4-9-29-13-16/h4,9-11,13-15H,3,5-8,12H2,1-2H3. The Hall–Kier alpha value is -3.16. The molecule has 29 heavy (non-hydrogen) atoms. The van der Waals surface area contributed by atoms with Crippen molar-refractivity contribution in [2.75, 3.05) is 26.2 Å². The first-order valence-electron chi connectivity index (χ1n) is 9.94. The predicted molar refractivity (Wildman–Crippen MR) is 107 cm³/mol. The highest BCUT2D eigenvalue weighted by Crippen LogP contribution is 2.17. The minimum atomic E-state index is -0.0737. The van der Waals surface area contributed by atoms with Crippen LogP contribution >= 0.6 is 0 Å². The van der Waals surface area contributed by atoms with E-state index < -0.39 is 0 Å². The van der Waals surface area contributed by atoms with Gasteiger partial charge in [-0.2, -0.15) is 0 Å². The van der Waals surface area contributed by atoms with Gasteiger partial charge in [-0.1, -0.05) is 13.8 Å². The Balaban J connectivity index is 1.46. The molecule has 8 heteroatoms. The molecule has 4 heterocycles. The molecule has 0 aromatic carbocycles. The van der Waals surface area contributed by atoms with Gasteiger partial charge in [0.05, 0.1) is 23.7 Å². The third kappa shape index (κ3) is 4.01. The van der Waals surface area contributed by atoms with E-state index in [4.69, 9.17) is 4.42 Å². The van der Waals surface area contributed by atoms with Gasteiger partial charge in [0, 0.05) is 38.9 Å². The topological polar surface area (TPSA) is 84.5 Å². The molecule has 2 amide bonds. The van der Waals surface area contributed by atoms with Gasteiger partial charge >= 0.3 is 0 Å². The van der Waals surface area contributed by atoms with Gasteiger partial charge in [0.25, 0.3) is 11.8 Å². The van der Waals surface area contributed by atoms with E-state index in [0.717, 1.165) is 24.1 Å². The van der Waals surface area contributed by atoms with Crippen LogP contribution in [0.25, 0.3) is 11.2 Å². The van der Waals surface area contributed by atoms with Crippen LogP contribution in [-0.2, 0) is 6.54 Å². The van der Waals surface area contributed by atoms with Crippen LogP contribution in [0.2, 0.25) is 0 Å². The second kappa shape index (κ2) is 8.06. The molecule has 4 rings (SSSR count). The average Bonchev–Trinajstić information content (AvgIpc) is 3.31. The summed E-state index contributed by atoms with van der Waals surface area (Å²) in [5, 5.41) is 0. The maximum atomic E-state index is 13.0. The quantitative estimate of drug-likeness (QED) is 0.678. The second-order valence-electron chi connectivity index (χ2n) is 7.81. The van der Waals surface area contributed by atoms with Crippen molar-refractivity contribution in [2.45, 2.75) is 26.8 Å². The van der Waals surface area contributed by atoms with Crippen molar-refractivity contribution in [1.82, 2.24) is 24.3 Å². The van der Waals surface area contributed by atoms with E-state index >= 15 is 0 Å². The van der Waals surface area contributed by atoms with Crippen LogP contribution in [0.15, 0.2) is 41.6 Å². The van der Waals surface area contributed by atoms with Gasteiger partial charge in [0.2, 0.25) is 0 Å². The summed E-state index contributed by atoms with van der Waals surface area (Å²) >= 11 is 0. The molecule has 1 aliphatic rings. The summed E-state index contributed by atoms with van der Waals surface area (Å²) in [6.07, 6.45) is 7.08. The molecule has 1 fully saturated rings. The van der Waals surface area contributed by atoms with Gasteiger partial charge in [-0.15, -0.1) is 0 Å². The fourth-order valence-electron chi connectivity index (χ4n) is 3.67. The van der Waals surface area contributed by atoms with Gasteiger partial charge in [0.1, 0.15) is 11.8 Å². The molecule has 152 valence electrons. The molecule has 0 bridgehead atoms. The zero-order valence-corrected chi connectivity index (χ0v) is 16.7. The Labute approximate surface area is 169 Å². The highest BCUT2D eigenvalue weighted by molar-refractivity contribution is 5.97. The Kier molecular flexibility index (Phi) is 5.33. The zero-order valence-electron chi connectivity index (χ0n) is 16.7. The summed E-state index contributed by atoms with van der Waals surface area (Å²) in [7, 11) is 0. The fourth-order valence-corrected chi connectivity index (χ4v) is 3.67. The number of pyridine rings is 1. The van der Waals surface area contributed by atoms with Crippen molar-refractivity contribution >= 4 is 23.0 Å². The Morgan fingerprint density at radius 3 is 2.45 bits per heavy atom. The second-order valence-corrected chi connectivity index (χ2v) is 7.81. The van der Waals surface area contributed by atoms with E-state index in [1.807, 2.05) is 4.57 Å². The summed E-state index contributed by atoms with van der Waals surface area (Å²) in [4.78, 5) is 38.0. The lowest BCUT2D eigenvalue weighted by molar-refractivity contribution is 0.0718. The van der Waals surface area contributed by atoms with Crippen LogP contribution in [0, 0.1) is 5.92 Å². The molecule has 0 spiro atoms. The van der Waals surface area contributed by atoms with Gasteiger partial charge in [-0.3, -0.25) is 9.59 Å². The third-order valence-corrected chi connectivity index (χ3v) is 5.10. The first kappa shape index (κ1) is 19.2. The molecule has 0 radical (unpaired) electrons. The van der Waals surface area contributed by atoms with E-state index in [1.54, 1.807) is 34.5 Å². The Morgan fingerprint density at radius 1 is 1.07 bits per heavy atom. The molecule has 3 aromatic rings. The third-order valence-electron chi connectivity index (χ3n) is 5.10. The fraction of sp³-hybridized carbons (Fsp3) is 0.429. The van der Waals surface area contributed by atoms with Crippen LogP contribution in [0.4, 0.5) is 0 Å². The monoisotopic (exact) mass is 395 g/mol. The molecule has 3 aromatic heterocycles. The highest BCUT2D eigenvalue weighted by Gasteiger charge is 2.24. The number of imidazole rings is 1. The lowest BCUT2D eigenvalue weighted by Crippen LogP contribution is -2.37. The normalized spacial score (nSPS) is 15.1. The average molecular weight is 395 g/mol. The molecule has 8 nitrogen and oxygen atoms in total. The minimum Gasteiger partial charge on any atom is -0.472 e. The molecule has 1 saturated heterocycles. The summed E-state index contributed by atoms with van der Waals surface area (Å²) in [6, 6.07) is 3.47. The van der Waals surface area contributed by atoms with Crippen LogP contribution < -0.4 is 0 Å². The van der Waals surface area contributed by atoms with Gasteiger partial charge in [-0.05, 0) is 24.5 Å². The summed E-state index contributed by atoms with van der Waals surface area (Å²) < 4.78 is 7.02. The number of hydrogen-bond donors (Lipinski definition) is 0. The highest BCUT2D eigenvalue weighted by atomic mass is 16.3. The first-order valence-corrected chi connectivity index (χ1v) is 9.94. The number of nitrogens with zero attached hydrogens (tertiary/aromatic N) is 5. The maximum Gasteiger partial charge on any atom is 0.257 e. The Morgan fingerprint density at radius 2 is 1.79 bits per heavy atom. The molecule has 1 aliphatic heterocycles. The number of rotatable bonds is 4. The summed E-state index contributed by atoms with van der Waals surface area (Å²) in [5.74, 6) is 0.350. The van der Waals surface area contributed by atoms with E-state index in [-0.39, 0.29) is 11.8 Å². The summed E-state index contributed by atoms with van der Waals surface area (Å²) in [5.41, 5.74) is 2.59. The number of fused-ring (bicyclic) bond motifs is 1. The molecule has 0 saturated carbocycles. The van der Waals surface area contributed by atoms with E-state index in [1.165, 1.54) is 12.5 Å². The number of aromatic nitrogens is 3. The molecule has 0 unspecified atom stereocenters. The van der Waals surface area contributed by atoms with Crippen LogP contribution in [0.3, 0.4) is 0 Å². The Bertz CT molecular complexity index is 1010. The van der Waals surface area contributed by atoms with Gasteiger partial charge in [0.15, 0.2) is 5.65 Å². The number of carbonyl (C=O) groups is 2. The lowest BCUT2D eigenvalue weighted by Gasteiger charge is -2.22. The van der Waals surface area contributed by atoms with E-state index in [9.17, 15) is 9.59 Å². The van der Waals surface area contributed by atoms with Crippen molar-refractivity contribution in [3.05, 3.63) is 48.3 Å². The van der Waals surface area contributed by atoms with Crippen molar-refractivity contribution in [3.63, 3.8) is 0 Å². The maximum absolute atomic E-state index is 13.0. The minimum absolute atomic E-state index is 0.0631. The van der Waals surface area contributed by atoms with Gasteiger partial charge < -0.3 is 18.8 Å². The van der Waals surface area contributed by atoms with Crippen molar-refractivity contribution in [1.29, 1.82) is 0 Å².